The highest BCUT2D eigenvalue weighted by atomic mass is 32.1. The summed E-state index contributed by atoms with van der Waals surface area (Å²) in [5, 5.41) is 4.23. The smallest absolute Gasteiger partial charge is 0.241 e. The van der Waals surface area contributed by atoms with E-state index in [-0.39, 0.29) is 0 Å². The van der Waals surface area contributed by atoms with Crippen LogP contribution in [0.1, 0.15) is 11.3 Å². The molecule has 0 radical (unpaired) electrons. The Balaban J connectivity index is 1.87. The molecule has 1 aliphatic heterocycles. The first-order valence-corrected chi connectivity index (χ1v) is 6.07. The van der Waals surface area contributed by atoms with E-state index in [2.05, 4.69) is 22.3 Å². The van der Waals surface area contributed by atoms with Gasteiger partial charge in [0, 0.05) is 11.4 Å². The molecule has 2 heterocycles. The van der Waals surface area contributed by atoms with Gasteiger partial charge in [-0.05, 0) is 36.4 Å². The largest absolute Gasteiger partial charge is 0.316 e. The SMILES string of the molecule is [C-]#[N+]c1ccc(C2=CC3CNCC3C2)s1. The molecule has 1 aliphatic carbocycles. The maximum absolute atomic E-state index is 6.96. The van der Waals surface area contributed by atoms with E-state index in [1.54, 1.807) is 11.3 Å². The summed E-state index contributed by atoms with van der Waals surface area (Å²) in [5.74, 6) is 1.54. The van der Waals surface area contributed by atoms with Gasteiger partial charge in [-0.2, -0.15) is 11.3 Å². The number of fused-ring (bicyclic) bond motifs is 1. The lowest BCUT2D eigenvalue weighted by Crippen LogP contribution is -2.08. The number of nitrogens with zero attached hydrogens (tertiary/aromatic N) is 1. The fourth-order valence-electron chi connectivity index (χ4n) is 2.52. The van der Waals surface area contributed by atoms with Crippen molar-refractivity contribution in [3.8, 4) is 0 Å². The molecule has 2 aliphatic rings. The fourth-order valence-corrected chi connectivity index (χ4v) is 3.35. The summed E-state index contributed by atoms with van der Waals surface area (Å²) in [7, 11) is 0. The molecule has 3 heteroatoms. The van der Waals surface area contributed by atoms with Crippen molar-refractivity contribution in [2.45, 2.75) is 6.42 Å². The van der Waals surface area contributed by atoms with E-state index >= 15 is 0 Å². The van der Waals surface area contributed by atoms with Crippen LogP contribution in [0.3, 0.4) is 0 Å². The number of allylic oxidation sites excluding steroid dienone is 1. The molecule has 1 aromatic heterocycles. The zero-order valence-electron chi connectivity index (χ0n) is 8.36. The summed E-state index contributed by atoms with van der Waals surface area (Å²) in [4.78, 5) is 4.77. The Morgan fingerprint density at radius 1 is 1.40 bits per heavy atom. The van der Waals surface area contributed by atoms with Crippen molar-refractivity contribution in [3.63, 3.8) is 0 Å². The van der Waals surface area contributed by atoms with Gasteiger partial charge in [0.15, 0.2) is 0 Å². The molecule has 0 saturated carbocycles. The molecule has 0 bridgehead atoms. The van der Waals surface area contributed by atoms with E-state index in [0.29, 0.717) is 0 Å². The molecule has 2 nitrogen and oxygen atoms in total. The molecule has 0 amide bonds. The first-order valence-electron chi connectivity index (χ1n) is 5.26. The monoisotopic (exact) mass is 216 g/mol. The normalized spacial score (nSPS) is 28.6. The van der Waals surface area contributed by atoms with Crippen LogP contribution in [0.15, 0.2) is 18.2 Å². The van der Waals surface area contributed by atoms with E-state index in [9.17, 15) is 0 Å². The van der Waals surface area contributed by atoms with Crippen LogP contribution >= 0.6 is 11.3 Å². The molecule has 0 aromatic carbocycles. The minimum absolute atomic E-state index is 0.735. The predicted molar refractivity (Wildman–Crippen MR) is 63.0 cm³/mol. The van der Waals surface area contributed by atoms with Crippen molar-refractivity contribution in [2.75, 3.05) is 13.1 Å². The number of thiophene rings is 1. The van der Waals surface area contributed by atoms with Crippen molar-refractivity contribution in [1.82, 2.24) is 5.32 Å². The van der Waals surface area contributed by atoms with E-state index in [4.69, 9.17) is 6.57 Å². The summed E-state index contributed by atoms with van der Waals surface area (Å²) >= 11 is 1.63. The third-order valence-corrected chi connectivity index (χ3v) is 4.36. The molecule has 1 N–H and O–H groups in total. The number of hydrogen-bond donors (Lipinski definition) is 1. The van der Waals surface area contributed by atoms with Crippen LogP contribution < -0.4 is 5.32 Å². The van der Waals surface area contributed by atoms with Crippen LogP contribution in [0.5, 0.6) is 0 Å². The van der Waals surface area contributed by atoms with Crippen molar-refractivity contribution < 1.29 is 0 Å². The Bertz CT molecular complexity index is 452. The van der Waals surface area contributed by atoms with Gasteiger partial charge in [0.05, 0.1) is 6.57 Å². The van der Waals surface area contributed by atoms with Gasteiger partial charge in [-0.15, -0.1) is 0 Å². The van der Waals surface area contributed by atoms with Crippen molar-refractivity contribution in [2.24, 2.45) is 11.8 Å². The maximum atomic E-state index is 6.96. The molecule has 2 unspecified atom stereocenters. The summed E-state index contributed by atoms with van der Waals surface area (Å²) in [5.41, 5.74) is 1.46. The lowest BCUT2D eigenvalue weighted by atomic mass is 10.00. The Kier molecular flexibility index (Phi) is 2.12. The first-order chi connectivity index (χ1) is 7.36. The standard InChI is InChI=1S/C12H12N2S/c1-13-12-3-2-11(15-12)8-4-9-6-14-7-10(9)5-8/h2-4,9-10,14H,5-7H2. The van der Waals surface area contributed by atoms with Crippen LogP contribution in [0.4, 0.5) is 5.00 Å². The third kappa shape index (κ3) is 1.50. The van der Waals surface area contributed by atoms with Crippen LogP contribution in [0.2, 0.25) is 0 Å². The molecular formula is C12H12N2S. The maximum Gasteiger partial charge on any atom is 0.241 e. The van der Waals surface area contributed by atoms with E-state index in [1.807, 2.05) is 6.07 Å². The quantitative estimate of drug-likeness (QED) is 0.714. The fraction of sp³-hybridized carbons (Fsp3) is 0.417. The lowest BCUT2D eigenvalue weighted by Gasteiger charge is -2.04. The second-order valence-corrected chi connectivity index (χ2v) is 5.29. The highest BCUT2D eigenvalue weighted by molar-refractivity contribution is 7.17. The van der Waals surface area contributed by atoms with Gasteiger partial charge in [-0.3, -0.25) is 0 Å². The van der Waals surface area contributed by atoms with Crippen LogP contribution in [0.25, 0.3) is 10.4 Å². The Morgan fingerprint density at radius 3 is 3.07 bits per heavy atom. The minimum atomic E-state index is 0.735. The highest BCUT2D eigenvalue weighted by Gasteiger charge is 2.32. The van der Waals surface area contributed by atoms with Crippen molar-refractivity contribution in [1.29, 1.82) is 0 Å². The van der Waals surface area contributed by atoms with Crippen molar-refractivity contribution >= 4 is 21.9 Å². The second kappa shape index (κ2) is 3.48. The van der Waals surface area contributed by atoms with E-state index in [1.165, 1.54) is 16.9 Å². The zero-order valence-corrected chi connectivity index (χ0v) is 9.18. The van der Waals surface area contributed by atoms with Crippen LogP contribution in [-0.4, -0.2) is 13.1 Å². The van der Waals surface area contributed by atoms with Gasteiger partial charge in [0.2, 0.25) is 5.00 Å². The molecule has 1 aromatic rings. The summed E-state index contributed by atoms with van der Waals surface area (Å²) in [6, 6.07) is 4.03. The van der Waals surface area contributed by atoms with Gasteiger partial charge < -0.3 is 5.32 Å². The zero-order chi connectivity index (χ0) is 10.3. The summed E-state index contributed by atoms with van der Waals surface area (Å²) in [6.07, 6.45) is 3.60. The minimum Gasteiger partial charge on any atom is -0.316 e. The van der Waals surface area contributed by atoms with Gasteiger partial charge >= 0.3 is 0 Å². The molecule has 3 rings (SSSR count). The Hall–Kier alpha value is -1.11. The van der Waals surface area contributed by atoms with Gasteiger partial charge in [0.1, 0.15) is 0 Å². The predicted octanol–water partition coefficient (Wildman–Crippen LogP) is 2.92. The van der Waals surface area contributed by atoms with Crippen LogP contribution in [0, 0.1) is 18.4 Å². The summed E-state index contributed by atoms with van der Waals surface area (Å²) < 4.78 is 0. The average Bonchev–Trinajstić information content (AvgIpc) is 2.91. The van der Waals surface area contributed by atoms with Crippen LogP contribution in [-0.2, 0) is 0 Å². The first kappa shape index (κ1) is 9.14. The summed E-state index contributed by atoms with van der Waals surface area (Å²) in [6.45, 7) is 9.25. The van der Waals surface area contributed by atoms with Crippen molar-refractivity contribution in [3.05, 3.63) is 34.5 Å². The third-order valence-electron chi connectivity index (χ3n) is 3.31. The van der Waals surface area contributed by atoms with Gasteiger partial charge in [0.25, 0.3) is 0 Å². The highest BCUT2D eigenvalue weighted by Crippen LogP contribution is 2.41. The molecular weight excluding hydrogens is 204 g/mol. The van der Waals surface area contributed by atoms with E-state index in [0.717, 1.165) is 29.9 Å². The van der Waals surface area contributed by atoms with E-state index < -0.39 is 0 Å². The molecule has 76 valence electrons. The number of hydrogen-bond acceptors (Lipinski definition) is 2. The average molecular weight is 216 g/mol. The molecule has 2 atom stereocenters. The molecule has 1 fully saturated rings. The Labute approximate surface area is 93.4 Å². The Morgan fingerprint density at radius 2 is 2.33 bits per heavy atom. The molecule has 15 heavy (non-hydrogen) atoms. The number of rotatable bonds is 1. The number of nitrogens with one attached hydrogen (secondary N) is 1. The van der Waals surface area contributed by atoms with Gasteiger partial charge in [-0.25, -0.2) is 4.85 Å². The topological polar surface area (TPSA) is 16.4 Å². The van der Waals surface area contributed by atoms with Gasteiger partial charge in [-0.1, -0.05) is 12.1 Å². The second-order valence-electron chi connectivity index (χ2n) is 4.23. The molecule has 0 spiro atoms. The lowest BCUT2D eigenvalue weighted by molar-refractivity contribution is 0.536. The molecule has 1 saturated heterocycles.